The third-order valence-electron chi connectivity index (χ3n) is 5.88. The average Bonchev–Trinajstić information content (AvgIpc) is 2.95. The highest BCUT2D eigenvalue weighted by atomic mass is 79.9. The SMILES string of the molecule is CCCCOCCOCCOCC[n+]1ccc(-c2cc[n+](CCOCCOCCOCCCC)cc2)cc1.[Br-].[Br-]. The van der Waals surface area contributed by atoms with E-state index >= 15 is 0 Å². The van der Waals surface area contributed by atoms with Gasteiger partial charge in [0.05, 0.1) is 52.9 Å². The summed E-state index contributed by atoms with van der Waals surface area (Å²) in [4.78, 5) is 0. The fourth-order valence-corrected chi connectivity index (χ4v) is 3.51. The van der Waals surface area contributed by atoms with Gasteiger partial charge in [-0.05, 0) is 24.0 Å². The molecule has 2 aromatic rings. The van der Waals surface area contributed by atoms with E-state index in [4.69, 9.17) is 28.4 Å². The predicted molar refractivity (Wildman–Crippen MR) is 147 cm³/mol. The van der Waals surface area contributed by atoms with E-state index in [1.807, 2.05) is 0 Å². The minimum Gasteiger partial charge on any atom is -1.00 e. The summed E-state index contributed by atoms with van der Waals surface area (Å²) in [7, 11) is 0. The van der Waals surface area contributed by atoms with E-state index < -0.39 is 0 Å². The Morgan fingerprint density at radius 2 is 0.700 bits per heavy atom. The molecule has 0 saturated carbocycles. The first-order valence-corrected chi connectivity index (χ1v) is 14.3. The van der Waals surface area contributed by atoms with Crippen molar-refractivity contribution in [2.45, 2.75) is 52.6 Å². The molecule has 0 aromatic carbocycles. The van der Waals surface area contributed by atoms with Gasteiger partial charge in [-0.2, -0.15) is 0 Å². The van der Waals surface area contributed by atoms with Crippen molar-refractivity contribution < 1.29 is 71.5 Å². The zero-order valence-corrected chi connectivity index (χ0v) is 27.6. The van der Waals surface area contributed by atoms with Gasteiger partial charge in [-0.3, -0.25) is 0 Å². The third kappa shape index (κ3) is 20.0. The van der Waals surface area contributed by atoms with Crippen LogP contribution in [0.2, 0.25) is 0 Å². The van der Waals surface area contributed by atoms with Crippen molar-refractivity contribution in [2.75, 3.05) is 79.3 Å². The molecule has 2 aromatic heterocycles. The van der Waals surface area contributed by atoms with Crippen LogP contribution in [0, 0.1) is 0 Å². The molecular weight excluding hydrogens is 644 g/mol. The first-order valence-electron chi connectivity index (χ1n) is 14.3. The number of pyridine rings is 2. The van der Waals surface area contributed by atoms with Crippen LogP contribution in [0.1, 0.15) is 39.5 Å². The molecule has 10 heteroatoms. The normalized spacial score (nSPS) is 10.8. The Bertz CT molecular complexity index is 732. The first-order chi connectivity index (χ1) is 18.8. The smallest absolute Gasteiger partial charge is 0.171 e. The zero-order chi connectivity index (χ0) is 26.9. The summed E-state index contributed by atoms with van der Waals surface area (Å²) in [6.07, 6.45) is 12.9. The minimum absolute atomic E-state index is 0. The quantitative estimate of drug-likeness (QED) is 0.0858. The molecule has 40 heavy (non-hydrogen) atoms. The van der Waals surface area contributed by atoms with E-state index in [0.717, 1.165) is 52.0 Å². The largest absolute Gasteiger partial charge is 1.00 e. The van der Waals surface area contributed by atoms with Gasteiger partial charge in [-0.1, -0.05) is 26.7 Å². The van der Waals surface area contributed by atoms with Crippen molar-refractivity contribution in [3.05, 3.63) is 49.1 Å². The van der Waals surface area contributed by atoms with Crippen LogP contribution >= 0.6 is 0 Å². The summed E-state index contributed by atoms with van der Waals surface area (Å²) < 4.78 is 37.6. The molecule has 0 saturated heterocycles. The fraction of sp³-hybridized carbons (Fsp3) is 0.667. The average molecular weight is 695 g/mol. The minimum atomic E-state index is 0. The summed E-state index contributed by atoms with van der Waals surface area (Å²) in [6.45, 7) is 13.9. The molecule has 0 radical (unpaired) electrons. The molecule has 0 aliphatic carbocycles. The van der Waals surface area contributed by atoms with Gasteiger partial charge < -0.3 is 62.4 Å². The van der Waals surface area contributed by atoms with Crippen LogP contribution < -0.4 is 43.1 Å². The number of hydrogen-bond donors (Lipinski definition) is 0. The number of nitrogens with zero attached hydrogens (tertiary/aromatic N) is 2. The molecule has 2 rings (SSSR count). The maximum atomic E-state index is 5.68. The number of aromatic nitrogens is 2. The molecule has 8 nitrogen and oxygen atoms in total. The standard InChI is InChI=1S/C30H50N2O6.2BrH/c1-3-5-17-33-21-25-37-27-23-35-19-15-31-11-7-29(8-12-31)30-9-13-32(14-10-30)16-20-36-24-28-38-26-22-34-18-6-4-2;;/h7-14H,3-6,15-28H2,1-2H3;2*1H/q+2;;/p-2. The van der Waals surface area contributed by atoms with Crippen molar-refractivity contribution in [3.8, 4) is 11.1 Å². The number of rotatable bonds is 25. The van der Waals surface area contributed by atoms with Gasteiger partial charge in [0.2, 0.25) is 0 Å². The summed E-state index contributed by atoms with van der Waals surface area (Å²) in [5.41, 5.74) is 2.38. The van der Waals surface area contributed by atoms with Crippen LogP contribution in [0.5, 0.6) is 0 Å². The molecule has 0 spiro atoms. The van der Waals surface area contributed by atoms with Crippen molar-refractivity contribution >= 4 is 0 Å². The number of unbranched alkanes of at least 4 members (excludes halogenated alkanes) is 2. The lowest BCUT2D eigenvalue weighted by atomic mass is 10.1. The Hall–Kier alpha value is -0.980. The molecule has 230 valence electrons. The molecule has 0 aliphatic rings. The second kappa shape index (κ2) is 28.2. The monoisotopic (exact) mass is 692 g/mol. The van der Waals surface area contributed by atoms with E-state index in [-0.39, 0.29) is 34.0 Å². The van der Waals surface area contributed by atoms with Crippen molar-refractivity contribution in [2.24, 2.45) is 0 Å². The summed E-state index contributed by atoms with van der Waals surface area (Å²) >= 11 is 0. The van der Waals surface area contributed by atoms with Crippen LogP contribution in [0.15, 0.2) is 49.1 Å². The molecule has 0 N–H and O–H groups in total. The van der Waals surface area contributed by atoms with Crippen molar-refractivity contribution in [1.82, 2.24) is 0 Å². The van der Waals surface area contributed by atoms with Crippen LogP contribution in [0.3, 0.4) is 0 Å². The molecule has 2 heterocycles. The van der Waals surface area contributed by atoms with Crippen LogP contribution in [0.25, 0.3) is 11.1 Å². The number of hydrogen-bond acceptors (Lipinski definition) is 6. The maximum absolute atomic E-state index is 5.68. The Morgan fingerprint density at radius 3 is 1.00 bits per heavy atom. The number of halogens is 2. The lowest BCUT2D eigenvalue weighted by molar-refractivity contribution is -0.698. The summed E-state index contributed by atoms with van der Waals surface area (Å²) in [5.74, 6) is 0. The first kappa shape index (κ1) is 39.0. The van der Waals surface area contributed by atoms with Gasteiger partial charge in [0, 0.05) is 37.5 Å². The highest BCUT2D eigenvalue weighted by Gasteiger charge is 2.06. The van der Waals surface area contributed by atoms with E-state index in [2.05, 4.69) is 72.0 Å². The van der Waals surface area contributed by atoms with Gasteiger partial charge in [0.15, 0.2) is 37.9 Å². The van der Waals surface area contributed by atoms with Crippen LogP contribution in [-0.2, 0) is 41.5 Å². The lowest BCUT2D eigenvalue weighted by Crippen LogP contribution is -3.00. The molecule has 0 bridgehead atoms. The van der Waals surface area contributed by atoms with Crippen LogP contribution in [-0.4, -0.2) is 79.3 Å². The molecule has 0 atom stereocenters. The zero-order valence-electron chi connectivity index (χ0n) is 24.4. The Kier molecular flexibility index (Phi) is 27.5. The summed E-state index contributed by atoms with van der Waals surface area (Å²) in [5, 5.41) is 0. The molecule has 0 aliphatic heterocycles. The van der Waals surface area contributed by atoms with Crippen molar-refractivity contribution in [1.29, 1.82) is 0 Å². The molecule has 0 unspecified atom stereocenters. The topological polar surface area (TPSA) is 63.1 Å². The second-order valence-electron chi connectivity index (χ2n) is 9.03. The van der Waals surface area contributed by atoms with Gasteiger partial charge in [0.1, 0.15) is 13.2 Å². The number of ether oxygens (including phenoxy) is 6. The van der Waals surface area contributed by atoms with E-state index in [9.17, 15) is 0 Å². The lowest BCUT2D eigenvalue weighted by Gasteiger charge is -2.06. The van der Waals surface area contributed by atoms with Gasteiger partial charge >= 0.3 is 0 Å². The third-order valence-corrected chi connectivity index (χ3v) is 5.88. The highest BCUT2D eigenvalue weighted by molar-refractivity contribution is 5.60. The Labute approximate surface area is 262 Å². The second-order valence-corrected chi connectivity index (χ2v) is 9.03. The van der Waals surface area contributed by atoms with Crippen molar-refractivity contribution in [3.63, 3.8) is 0 Å². The highest BCUT2D eigenvalue weighted by Crippen LogP contribution is 2.15. The fourth-order valence-electron chi connectivity index (χ4n) is 3.51. The summed E-state index contributed by atoms with van der Waals surface area (Å²) in [6, 6.07) is 8.55. The van der Waals surface area contributed by atoms with Gasteiger partial charge in [-0.25, -0.2) is 9.13 Å². The van der Waals surface area contributed by atoms with Crippen LogP contribution in [0.4, 0.5) is 0 Å². The molecule has 0 fully saturated rings. The predicted octanol–water partition coefficient (Wildman–Crippen LogP) is -2.36. The van der Waals surface area contributed by atoms with E-state index in [0.29, 0.717) is 66.1 Å². The Balaban J connectivity index is 0.00000760. The van der Waals surface area contributed by atoms with E-state index in [1.54, 1.807) is 0 Å². The van der Waals surface area contributed by atoms with Gasteiger partial charge in [-0.15, -0.1) is 0 Å². The Morgan fingerprint density at radius 1 is 0.425 bits per heavy atom. The van der Waals surface area contributed by atoms with Gasteiger partial charge in [0.25, 0.3) is 0 Å². The molecular formula is C30H50Br2N2O6. The maximum Gasteiger partial charge on any atom is 0.171 e. The van der Waals surface area contributed by atoms with E-state index in [1.165, 1.54) is 11.1 Å². The molecule has 0 amide bonds.